The van der Waals surface area contributed by atoms with Crippen molar-refractivity contribution in [1.29, 1.82) is 0 Å². The molecule has 2 N–H and O–H groups in total. The minimum absolute atomic E-state index is 0.253. The molecule has 0 aliphatic rings. The second-order valence-electron chi connectivity index (χ2n) is 5.84. The first kappa shape index (κ1) is 19.5. The number of para-hydroxylation sites is 1. The average molecular weight is 399 g/mol. The zero-order valence-electron chi connectivity index (χ0n) is 15.2. The maximum absolute atomic E-state index is 12.6. The lowest BCUT2D eigenvalue weighted by molar-refractivity contribution is 0.0949. The van der Waals surface area contributed by atoms with Crippen molar-refractivity contribution < 1.29 is 18.7 Å². The molecule has 0 spiro atoms. The highest BCUT2D eigenvalue weighted by molar-refractivity contribution is 6.32. The first-order valence-electron chi connectivity index (χ1n) is 8.71. The highest BCUT2D eigenvalue weighted by atomic mass is 35.5. The second-order valence-corrected chi connectivity index (χ2v) is 6.25. The molecule has 0 saturated heterocycles. The molecule has 1 heterocycles. The summed E-state index contributed by atoms with van der Waals surface area (Å²) in [5.41, 5.74) is 1.10. The van der Waals surface area contributed by atoms with Crippen molar-refractivity contribution in [3.63, 3.8) is 0 Å². The Hall–Kier alpha value is -3.25. The molecule has 0 saturated carbocycles. The van der Waals surface area contributed by atoms with Gasteiger partial charge in [0.05, 0.1) is 35.7 Å². The molecular weight excluding hydrogens is 380 g/mol. The molecule has 3 aromatic rings. The van der Waals surface area contributed by atoms with Gasteiger partial charge in [-0.15, -0.1) is 0 Å². The Bertz CT molecular complexity index is 970. The lowest BCUT2D eigenvalue weighted by atomic mass is 10.1. The fraction of sp³-hybridized carbons (Fsp3) is 0.143. The van der Waals surface area contributed by atoms with E-state index in [0.717, 1.165) is 0 Å². The number of rotatable bonds is 7. The molecule has 7 heteroatoms. The average Bonchev–Trinajstić information content (AvgIpc) is 3.22. The van der Waals surface area contributed by atoms with Crippen molar-refractivity contribution in [3.8, 4) is 5.75 Å². The Balaban J connectivity index is 1.72. The minimum Gasteiger partial charge on any atom is -0.492 e. The van der Waals surface area contributed by atoms with Crippen LogP contribution in [0.25, 0.3) is 0 Å². The van der Waals surface area contributed by atoms with Gasteiger partial charge < -0.3 is 19.8 Å². The Labute approximate surface area is 167 Å². The van der Waals surface area contributed by atoms with E-state index in [4.69, 9.17) is 20.8 Å². The van der Waals surface area contributed by atoms with E-state index in [2.05, 4.69) is 10.6 Å². The van der Waals surface area contributed by atoms with Crippen molar-refractivity contribution in [2.24, 2.45) is 0 Å². The van der Waals surface area contributed by atoms with Crippen LogP contribution >= 0.6 is 11.6 Å². The van der Waals surface area contributed by atoms with Crippen LogP contribution in [-0.4, -0.2) is 18.4 Å². The summed E-state index contributed by atoms with van der Waals surface area (Å²) in [4.78, 5) is 25.1. The zero-order valence-corrected chi connectivity index (χ0v) is 16.0. The largest absolute Gasteiger partial charge is 0.492 e. The van der Waals surface area contributed by atoms with Crippen LogP contribution in [-0.2, 0) is 6.54 Å². The van der Waals surface area contributed by atoms with Gasteiger partial charge in [-0.05, 0) is 49.4 Å². The van der Waals surface area contributed by atoms with E-state index < -0.39 is 0 Å². The quantitative estimate of drug-likeness (QED) is 0.613. The van der Waals surface area contributed by atoms with Gasteiger partial charge in [0, 0.05) is 5.56 Å². The number of halogens is 1. The third kappa shape index (κ3) is 4.72. The van der Waals surface area contributed by atoms with E-state index in [0.29, 0.717) is 40.0 Å². The lowest BCUT2D eigenvalue weighted by Gasteiger charge is -2.12. The standard InChI is InChI=1S/C21H19ClN2O4/c1-2-27-19-10-9-14(12-17(19)22)20(25)24-18-8-4-3-7-16(18)21(26)23-13-15-6-5-11-28-15/h3-12H,2,13H2,1H3,(H,23,26)(H,24,25). The van der Waals surface area contributed by atoms with E-state index in [9.17, 15) is 9.59 Å². The number of nitrogens with one attached hydrogen (secondary N) is 2. The van der Waals surface area contributed by atoms with E-state index in [1.54, 1.807) is 48.5 Å². The molecule has 0 fully saturated rings. The van der Waals surface area contributed by atoms with Crippen molar-refractivity contribution >= 4 is 29.1 Å². The molecule has 2 amide bonds. The van der Waals surface area contributed by atoms with Crippen molar-refractivity contribution in [3.05, 3.63) is 82.8 Å². The fourth-order valence-corrected chi connectivity index (χ4v) is 2.81. The van der Waals surface area contributed by atoms with Gasteiger partial charge >= 0.3 is 0 Å². The molecule has 0 bridgehead atoms. The highest BCUT2D eigenvalue weighted by Crippen LogP contribution is 2.26. The third-order valence-corrected chi connectivity index (χ3v) is 4.21. The Morgan fingerprint density at radius 3 is 2.61 bits per heavy atom. The zero-order chi connectivity index (χ0) is 19.9. The van der Waals surface area contributed by atoms with Crippen LogP contribution in [0.15, 0.2) is 65.3 Å². The number of benzene rings is 2. The third-order valence-electron chi connectivity index (χ3n) is 3.92. The predicted molar refractivity (Wildman–Crippen MR) is 107 cm³/mol. The SMILES string of the molecule is CCOc1ccc(C(=O)Nc2ccccc2C(=O)NCc2ccco2)cc1Cl. The van der Waals surface area contributed by atoms with Gasteiger partial charge in [0.25, 0.3) is 11.8 Å². The minimum atomic E-state index is -0.378. The summed E-state index contributed by atoms with van der Waals surface area (Å²) in [5, 5.41) is 5.87. The molecule has 144 valence electrons. The summed E-state index contributed by atoms with van der Waals surface area (Å²) in [6.07, 6.45) is 1.54. The molecule has 1 aromatic heterocycles. The molecule has 0 unspecified atom stereocenters. The molecule has 0 aliphatic carbocycles. The van der Waals surface area contributed by atoms with Gasteiger partial charge in [-0.25, -0.2) is 0 Å². The smallest absolute Gasteiger partial charge is 0.255 e. The Morgan fingerprint density at radius 1 is 1.07 bits per heavy atom. The van der Waals surface area contributed by atoms with E-state index in [-0.39, 0.29) is 18.4 Å². The monoisotopic (exact) mass is 398 g/mol. The summed E-state index contributed by atoms with van der Waals surface area (Å²) >= 11 is 6.15. The Kier molecular flexibility index (Phi) is 6.34. The summed E-state index contributed by atoms with van der Waals surface area (Å²) in [6.45, 7) is 2.58. The topological polar surface area (TPSA) is 80.6 Å². The lowest BCUT2D eigenvalue weighted by Crippen LogP contribution is -2.24. The van der Waals surface area contributed by atoms with Crippen LogP contribution in [0, 0.1) is 0 Å². The van der Waals surface area contributed by atoms with Crippen molar-refractivity contribution in [2.45, 2.75) is 13.5 Å². The molecular formula is C21H19ClN2O4. The van der Waals surface area contributed by atoms with E-state index in [1.807, 2.05) is 6.92 Å². The van der Waals surface area contributed by atoms with Crippen LogP contribution in [0.2, 0.25) is 5.02 Å². The first-order chi connectivity index (χ1) is 13.6. The molecule has 6 nitrogen and oxygen atoms in total. The van der Waals surface area contributed by atoms with Crippen LogP contribution in [0.1, 0.15) is 33.4 Å². The molecule has 3 rings (SSSR count). The number of amides is 2. The summed E-state index contributed by atoms with van der Waals surface area (Å²) in [5.74, 6) is 0.450. The number of hydrogen-bond donors (Lipinski definition) is 2. The van der Waals surface area contributed by atoms with Crippen LogP contribution in [0.3, 0.4) is 0 Å². The van der Waals surface area contributed by atoms with Gasteiger partial charge in [-0.2, -0.15) is 0 Å². The summed E-state index contributed by atoms with van der Waals surface area (Å²) in [6, 6.07) is 15.1. The van der Waals surface area contributed by atoms with Crippen LogP contribution < -0.4 is 15.4 Å². The van der Waals surface area contributed by atoms with Gasteiger partial charge in [-0.1, -0.05) is 23.7 Å². The molecule has 0 atom stereocenters. The Morgan fingerprint density at radius 2 is 1.89 bits per heavy atom. The number of carbonyl (C=O) groups excluding carboxylic acids is 2. The predicted octanol–water partition coefficient (Wildman–Crippen LogP) is 4.51. The first-order valence-corrected chi connectivity index (χ1v) is 9.09. The number of furan rings is 1. The van der Waals surface area contributed by atoms with Crippen molar-refractivity contribution in [2.75, 3.05) is 11.9 Å². The molecule has 28 heavy (non-hydrogen) atoms. The number of hydrogen-bond acceptors (Lipinski definition) is 4. The fourth-order valence-electron chi connectivity index (χ4n) is 2.58. The van der Waals surface area contributed by atoms with Crippen LogP contribution in [0.5, 0.6) is 5.75 Å². The van der Waals surface area contributed by atoms with Gasteiger partial charge in [0.1, 0.15) is 11.5 Å². The van der Waals surface area contributed by atoms with E-state index in [1.165, 1.54) is 12.3 Å². The maximum atomic E-state index is 12.6. The summed E-state index contributed by atoms with van der Waals surface area (Å²) in [7, 11) is 0. The van der Waals surface area contributed by atoms with Gasteiger partial charge in [-0.3, -0.25) is 9.59 Å². The highest BCUT2D eigenvalue weighted by Gasteiger charge is 2.15. The number of anilines is 1. The molecule has 2 aromatic carbocycles. The molecule has 0 radical (unpaired) electrons. The molecule has 0 aliphatic heterocycles. The van der Waals surface area contributed by atoms with Gasteiger partial charge in [0.2, 0.25) is 0 Å². The van der Waals surface area contributed by atoms with Crippen molar-refractivity contribution in [1.82, 2.24) is 5.32 Å². The van der Waals surface area contributed by atoms with Crippen LogP contribution in [0.4, 0.5) is 5.69 Å². The maximum Gasteiger partial charge on any atom is 0.255 e. The second kappa shape index (κ2) is 9.10. The van der Waals surface area contributed by atoms with E-state index >= 15 is 0 Å². The normalized spacial score (nSPS) is 10.4. The number of ether oxygens (including phenoxy) is 1. The summed E-state index contributed by atoms with van der Waals surface area (Å²) < 4.78 is 10.6. The number of carbonyl (C=O) groups is 2. The van der Waals surface area contributed by atoms with Gasteiger partial charge in [0.15, 0.2) is 0 Å².